The van der Waals surface area contributed by atoms with E-state index >= 15 is 0 Å². The number of aryl methyl sites for hydroxylation is 1. The molecule has 22 heavy (non-hydrogen) atoms. The largest absolute Gasteiger partial charge is 0.296 e. The number of carbonyl (C=O) groups is 1. The lowest BCUT2D eigenvalue weighted by Crippen LogP contribution is -2.13. The summed E-state index contributed by atoms with van der Waals surface area (Å²) in [6.45, 7) is 2.48. The molecule has 0 saturated heterocycles. The summed E-state index contributed by atoms with van der Waals surface area (Å²) in [5.41, 5.74) is 2.30. The van der Waals surface area contributed by atoms with Crippen molar-refractivity contribution in [2.45, 2.75) is 13.5 Å². The monoisotopic (exact) mass is 333 g/mol. The SMILES string of the molecule is Cc1ccc(Cn2nnc(C(=O)Nc3nccs3)c2Cl)cc1. The zero-order valence-corrected chi connectivity index (χ0v) is 13.2. The van der Waals surface area contributed by atoms with Gasteiger partial charge in [0.15, 0.2) is 16.0 Å². The Hall–Kier alpha value is -2.25. The Labute approximate surface area is 135 Å². The lowest BCUT2D eigenvalue weighted by molar-refractivity contribution is 0.102. The molecule has 3 rings (SSSR count). The van der Waals surface area contributed by atoms with Crippen molar-refractivity contribution >= 4 is 34.0 Å². The molecule has 0 aliphatic heterocycles. The van der Waals surface area contributed by atoms with Crippen LogP contribution in [0.25, 0.3) is 0 Å². The van der Waals surface area contributed by atoms with Crippen molar-refractivity contribution in [2.75, 3.05) is 5.32 Å². The number of hydrogen-bond donors (Lipinski definition) is 1. The summed E-state index contributed by atoms with van der Waals surface area (Å²) < 4.78 is 1.49. The van der Waals surface area contributed by atoms with Gasteiger partial charge in [-0.05, 0) is 12.5 Å². The molecule has 112 valence electrons. The summed E-state index contributed by atoms with van der Waals surface area (Å²) in [4.78, 5) is 16.1. The summed E-state index contributed by atoms with van der Waals surface area (Å²) in [7, 11) is 0. The number of nitrogens with zero attached hydrogens (tertiary/aromatic N) is 4. The second kappa shape index (κ2) is 6.25. The van der Waals surface area contributed by atoms with Gasteiger partial charge in [0, 0.05) is 11.6 Å². The number of benzene rings is 1. The molecule has 0 spiro atoms. The smallest absolute Gasteiger partial charge is 0.281 e. The predicted molar refractivity (Wildman–Crippen MR) is 85.4 cm³/mol. The molecule has 1 amide bonds. The highest BCUT2D eigenvalue weighted by molar-refractivity contribution is 7.13. The molecule has 0 aliphatic rings. The summed E-state index contributed by atoms with van der Waals surface area (Å²) in [6.07, 6.45) is 1.61. The Morgan fingerprint density at radius 3 is 2.82 bits per heavy atom. The van der Waals surface area contributed by atoms with Crippen LogP contribution in [-0.2, 0) is 6.54 Å². The van der Waals surface area contributed by atoms with Crippen LogP contribution in [0.3, 0.4) is 0 Å². The van der Waals surface area contributed by atoms with E-state index in [4.69, 9.17) is 11.6 Å². The van der Waals surface area contributed by atoms with Crippen LogP contribution in [0.15, 0.2) is 35.8 Å². The normalized spacial score (nSPS) is 10.6. The van der Waals surface area contributed by atoms with Crippen LogP contribution >= 0.6 is 22.9 Å². The molecule has 0 saturated carbocycles. The highest BCUT2D eigenvalue weighted by atomic mass is 35.5. The van der Waals surface area contributed by atoms with Crippen LogP contribution in [0.4, 0.5) is 5.13 Å². The standard InChI is InChI=1S/C14H12ClN5OS/c1-9-2-4-10(5-3-9)8-20-12(15)11(18-19-20)13(21)17-14-16-6-7-22-14/h2-7H,8H2,1H3,(H,16,17,21). The molecule has 0 atom stereocenters. The fourth-order valence-corrected chi connectivity index (χ4v) is 2.59. The molecular weight excluding hydrogens is 322 g/mol. The lowest BCUT2D eigenvalue weighted by Gasteiger charge is -2.03. The highest BCUT2D eigenvalue weighted by Gasteiger charge is 2.19. The van der Waals surface area contributed by atoms with Gasteiger partial charge in [0.2, 0.25) is 0 Å². The Morgan fingerprint density at radius 1 is 1.36 bits per heavy atom. The van der Waals surface area contributed by atoms with Crippen LogP contribution in [0, 0.1) is 6.92 Å². The molecule has 3 aromatic rings. The minimum absolute atomic E-state index is 0.0870. The number of thiazole rings is 1. The number of aromatic nitrogens is 4. The lowest BCUT2D eigenvalue weighted by atomic mass is 10.1. The van der Waals surface area contributed by atoms with E-state index in [0.717, 1.165) is 5.56 Å². The summed E-state index contributed by atoms with van der Waals surface area (Å²) in [5, 5.41) is 12.9. The maximum absolute atomic E-state index is 12.1. The predicted octanol–water partition coefficient (Wildman–Crippen LogP) is 3.00. The molecule has 0 bridgehead atoms. The van der Waals surface area contributed by atoms with Gasteiger partial charge in [-0.3, -0.25) is 10.1 Å². The van der Waals surface area contributed by atoms with E-state index in [1.807, 2.05) is 31.2 Å². The molecule has 1 N–H and O–H groups in total. The molecule has 6 nitrogen and oxygen atoms in total. The second-order valence-corrected chi connectivity index (χ2v) is 5.92. The van der Waals surface area contributed by atoms with E-state index in [1.165, 1.54) is 21.6 Å². The zero-order chi connectivity index (χ0) is 15.5. The summed E-state index contributed by atoms with van der Waals surface area (Å²) in [6, 6.07) is 8.00. The molecule has 2 heterocycles. The van der Waals surface area contributed by atoms with Crippen molar-refractivity contribution < 1.29 is 4.79 Å². The quantitative estimate of drug-likeness (QED) is 0.796. The van der Waals surface area contributed by atoms with Gasteiger partial charge >= 0.3 is 0 Å². The minimum Gasteiger partial charge on any atom is -0.296 e. The van der Waals surface area contributed by atoms with Crippen LogP contribution in [0.2, 0.25) is 5.15 Å². The van der Waals surface area contributed by atoms with Crippen LogP contribution in [0.5, 0.6) is 0 Å². The topological polar surface area (TPSA) is 72.7 Å². The van der Waals surface area contributed by atoms with Crippen molar-refractivity contribution in [3.05, 3.63) is 57.8 Å². The van der Waals surface area contributed by atoms with Crippen molar-refractivity contribution in [2.24, 2.45) is 0 Å². The molecular formula is C14H12ClN5OS. The third-order valence-electron chi connectivity index (χ3n) is 3.00. The Bertz CT molecular complexity index is 782. The molecule has 0 aliphatic carbocycles. The van der Waals surface area contributed by atoms with Gasteiger partial charge < -0.3 is 0 Å². The molecule has 8 heteroatoms. The first kappa shape index (κ1) is 14.7. The van der Waals surface area contributed by atoms with Gasteiger partial charge in [0.25, 0.3) is 5.91 Å². The highest BCUT2D eigenvalue weighted by Crippen LogP contribution is 2.18. The van der Waals surface area contributed by atoms with E-state index in [1.54, 1.807) is 11.6 Å². The summed E-state index contributed by atoms with van der Waals surface area (Å²) >= 11 is 7.52. The minimum atomic E-state index is -0.421. The van der Waals surface area contributed by atoms with Crippen LogP contribution < -0.4 is 5.32 Å². The molecule has 0 radical (unpaired) electrons. The number of nitrogens with one attached hydrogen (secondary N) is 1. The van der Waals surface area contributed by atoms with Crippen molar-refractivity contribution in [3.63, 3.8) is 0 Å². The first-order valence-electron chi connectivity index (χ1n) is 6.49. The van der Waals surface area contributed by atoms with E-state index in [-0.39, 0.29) is 10.8 Å². The average Bonchev–Trinajstić information content (AvgIpc) is 3.12. The van der Waals surface area contributed by atoms with Crippen molar-refractivity contribution in [3.8, 4) is 0 Å². The molecule has 2 aromatic heterocycles. The Kier molecular flexibility index (Phi) is 4.17. The Balaban J connectivity index is 1.76. The fraction of sp³-hybridized carbons (Fsp3) is 0.143. The molecule has 0 unspecified atom stereocenters. The van der Waals surface area contributed by atoms with Crippen LogP contribution in [-0.4, -0.2) is 25.9 Å². The number of hydrogen-bond acceptors (Lipinski definition) is 5. The van der Waals surface area contributed by atoms with Gasteiger partial charge in [0.1, 0.15) is 0 Å². The number of halogens is 1. The van der Waals surface area contributed by atoms with Crippen LogP contribution in [0.1, 0.15) is 21.6 Å². The molecule has 1 aromatic carbocycles. The van der Waals surface area contributed by atoms with Gasteiger partial charge in [-0.2, -0.15) is 0 Å². The number of rotatable bonds is 4. The van der Waals surface area contributed by atoms with E-state index in [9.17, 15) is 4.79 Å². The maximum Gasteiger partial charge on any atom is 0.281 e. The third-order valence-corrected chi connectivity index (χ3v) is 4.06. The van der Waals surface area contributed by atoms with E-state index < -0.39 is 5.91 Å². The first-order valence-corrected chi connectivity index (χ1v) is 7.74. The maximum atomic E-state index is 12.1. The number of amides is 1. The molecule has 0 fully saturated rings. The third kappa shape index (κ3) is 3.15. The number of anilines is 1. The van der Waals surface area contributed by atoms with Crippen molar-refractivity contribution in [1.29, 1.82) is 0 Å². The van der Waals surface area contributed by atoms with Gasteiger partial charge in [0.05, 0.1) is 6.54 Å². The van der Waals surface area contributed by atoms with E-state index in [0.29, 0.717) is 11.7 Å². The fourth-order valence-electron chi connectivity index (χ4n) is 1.85. The zero-order valence-electron chi connectivity index (χ0n) is 11.7. The van der Waals surface area contributed by atoms with Crippen molar-refractivity contribution in [1.82, 2.24) is 20.0 Å². The second-order valence-electron chi connectivity index (χ2n) is 4.66. The first-order chi connectivity index (χ1) is 10.6. The Morgan fingerprint density at radius 2 is 2.14 bits per heavy atom. The summed E-state index contributed by atoms with van der Waals surface area (Å²) in [5.74, 6) is -0.421. The van der Waals surface area contributed by atoms with Gasteiger partial charge in [-0.15, -0.1) is 16.4 Å². The average molecular weight is 334 g/mol. The van der Waals surface area contributed by atoms with Gasteiger partial charge in [-0.1, -0.05) is 46.6 Å². The van der Waals surface area contributed by atoms with E-state index in [2.05, 4.69) is 20.6 Å². The van der Waals surface area contributed by atoms with Gasteiger partial charge in [-0.25, -0.2) is 9.67 Å². The number of carbonyl (C=O) groups excluding carboxylic acids is 1.